The normalized spacial score (nSPS) is 10.9. The Kier molecular flexibility index (Phi) is 6.37. The van der Waals surface area contributed by atoms with Crippen molar-refractivity contribution < 1.29 is 14.6 Å². The van der Waals surface area contributed by atoms with Gasteiger partial charge in [-0.25, -0.2) is 19.9 Å². The first-order chi connectivity index (χ1) is 19.5. The fourth-order valence-corrected chi connectivity index (χ4v) is 4.52. The van der Waals surface area contributed by atoms with Gasteiger partial charge in [-0.1, -0.05) is 18.2 Å². The number of phenolic OH excluding ortho intramolecular Hbond substituents is 1. The highest BCUT2D eigenvalue weighted by Crippen LogP contribution is 2.35. The van der Waals surface area contributed by atoms with Crippen molar-refractivity contribution in [1.82, 2.24) is 24.9 Å². The van der Waals surface area contributed by atoms with Crippen molar-refractivity contribution in [3.8, 4) is 45.4 Å². The average molecular weight is 529 g/mol. The summed E-state index contributed by atoms with van der Waals surface area (Å²) in [7, 11) is 1.57. The first-order valence-corrected chi connectivity index (χ1v) is 12.5. The van der Waals surface area contributed by atoms with Crippen LogP contribution in [-0.4, -0.2) is 43.0 Å². The minimum atomic E-state index is -0.268. The zero-order valence-corrected chi connectivity index (χ0v) is 21.7. The van der Waals surface area contributed by atoms with E-state index in [0.717, 1.165) is 27.9 Å². The van der Waals surface area contributed by atoms with Gasteiger partial charge in [0.15, 0.2) is 0 Å². The van der Waals surface area contributed by atoms with E-state index >= 15 is 0 Å². The Morgan fingerprint density at radius 3 is 2.62 bits per heavy atom. The predicted molar refractivity (Wildman–Crippen MR) is 153 cm³/mol. The van der Waals surface area contributed by atoms with Gasteiger partial charge in [0.1, 0.15) is 17.4 Å². The Morgan fingerprint density at radius 1 is 0.875 bits per heavy atom. The van der Waals surface area contributed by atoms with Gasteiger partial charge < -0.3 is 20.1 Å². The molecule has 0 fully saturated rings. The minimum Gasteiger partial charge on any atom is -0.507 e. The first-order valence-electron chi connectivity index (χ1n) is 12.5. The molecule has 1 amide bonds. The fourth-order valence-electron chi connectivity index (χ4n) is 4.52. The second-order valence-electron chi connectivity index (χ2n) is 9.13. The number of rotatable bonds is 6. The van der Waals surface area contributed by atoms with Gasteiger partial charge in [0.25, 0.3) is 5.91 Å². The molecule has 0 aliphatic heterocycles. The molecule has 0 aliphatic rings. The number of nitrogens with one attached hydrogen (secondary N) is 2. The lowest BCUT2D eigenvalue weighted by atomic mass is 10.0. The van der Waals surface area contributed by atoms with Crippen LogP contribution in [0.1, 0.15) is 16.2 Å². The second kappa shape index (κ2) is 10.3. The number of imidazole rings is 1. The number of pyridine rings is 1. The van der Waals surface area contributed by atoms with Crippen molar-refractivity contribution >= 4 is 22.6 Å². The van der Waals surface area contributed by atoms with Gasteiger partial charge in [0.05, 0.1) is 29.4 Å². The second-order valence-corrected chi connectivity index (χ2v) is 9.13. The molecule has 0 aliphatic carbocycles. The molecule has 9 nitrogen and oxygen atoms in total. The predicted octanol–water partition coefficient (Wildman–Crippen LogP) is 6.02. The topological polar surface area (TPSA) is 126 Å². The maximum Gasteiger partial charge on any atom is 0.255 e. The lowest BCUT2D eigenvalue weighted by Gasteiger charge is -2.09. The molecule has 3 N–H and O–H groups in total. The van der Waals surface area contributed by atoms with Crippen LogP contribution in [0, 0.1) is 6.92 Å². The van der Waals surface area contributed by atoms with E-state index in [-0.39, 0.29) is 11.7 Å². The summed E-state index contributed by atoms with van der Waals surface area (Å²) in [6.45, 7) is 1.84. The molecule has 0 unspecified atom stereocenters. The molecular formula is C31H24N6O3. The standard InChI is InChI=1S/C31H24N6O3/c1-18-32-14-12-25(34-18)20-5-3-6-22(15-20)35-30(39)21-8-10-26-27(17-21)37-29(36-26)24-16-19(9-11-28(24)38)23-7-4-13-33-31(23)40-2/h3-17,38H,1-2H3,(H,35,39)(H,36,37). The van der Waals surface area contributed by atoms with E-state index in [1.165, 1.54) is 0 Å². The number of H-pyrrole nitrogens is 1. The van der Waals surface area contributed by atoms with Crippen LogP contribution in [0.3, 0.4) is 0 Å². The third-order valence-electron chi connectivity index (χ3n) is 6.46. The maximum atomic E-state index is 13.1. The molecular weight excluding hydrogens is 504 g/mol. The number of aromatic hydroxyl groups is 1. The van der Waals surface area contributed by atoms with Gasteiger partial charge in [0.2, 0.25) is 5.88 Å². The van der Waals surface area contributed by atoms with Crippen LogP contribution < -0.4 is 10.1 Å². The van der Waals surface area contributed by atoms with E-state index in [9.17, 15) is 9.90 Å². The van der Waals surface area contributed by atoms with E-state index in [2.05, 4.69) is 30.2 Å². The number of aromatic amines is 1. The van der Waals surface area contributed by atoms with Crippen molar-refractivity contribution in [2.45, 2.75) is 6.92 Å². The molecule has 0 saturated heterocycles. The van der Waals surface area contributed by atoms with Gasteiger partial charge in [-0.3, -0.25) is 4.79 Å². The van der Waals surface area contributed by atoms with Crippen molar-refractivity contribution in [3.63, 3.8) is 0 Å². The third-order valence-corrected chi connectivity index (χ3v) is 6.46. The number of fused-ring (bicyclic) bond motifs is 1. The smallest absolute Gasteiger partial charge is 0.255 e. The number of amides is 1. The molecule has 9 heteroatoms. The highest BCUT2D eigenvalue weighted by atomic mass is 16.5. The maximum absolute atomic E-state index is 13.1. The summed E-state index contributed by atoms with van der Waals surface area (Å²) < 4.78 is 5.39. The van der Waals surface area contributed by atoms with Gasteiger partial charge in [0, 0.05) is 34.8 Å². The number of ether oxygens (including phenoxy) is 1. The van der Waals surface area contributed by atoms with Crippen LogP contribution in [0.15, 0.2) is 91.3 Å². The quantitative estimate of drug-likeness (QED) is 0.241. The summed E-state index contributed by atoms with van der Waals surface area (Å²) in [4.78, 5) is 33.9. The number of carbonyl (C=O) groups excluding carboxylic acids is 1. The first kappa shape index (κ1) is 24.7. The molecule has 0 saturated carbocycles. The summed E-state index contributed by atoms with van der Waals surface area (Å²) in [5.41, 5.74) is 6.21. The van der Waals surface area contributed by atoms with Crippen molar-refractivity contribution in [2.24, 2.45) is 0 Å². The third kappa shape index (κ3) is 4.83. The molecule has 0 atom stereocenters. The zero-order valence-electron chi connectivity index (χ0n) is 21.7. The van der Waals surface area contributed by atoms with Gasteiger partial charge in [-0.2, -0.15) is 0 Å². The van der Waals surface area contributed by atoms with Gasteiger partial charge in [-0.15, -0.1) is 0 Å². The average Bonchev–Trinajstić information content (AvgIpc) is 3.41. The van der Waals surface area contributed by atoms with E-state index < -0.39 is 0 Å². The SMILES string of the molecule is COc1ncccc1-c1ccc(O)c(-c2nc3cc(C(=O)Nc4cccc(-c5ccnc(C)n5)c4)ccc3[nH]2)c1. The lowest BCUT2D eigenvalue weighted by molar-refractivity contribution is 0.102. The van der Waals surface area contributed by atoms with Crippen LogP contribution in [-0.2, 0) is 0 Å². The Labute approximate surface area is 229 Å². The molecule has 196 valence electrons. The van der Waals surface area contributed by atoms with E-state index in [1.54, 1.807) is 49.8 Å². The molecule has 40 heavy (non-hydrogen) atoms. The van der Waals surface area contributed by atoms with Crippen LogP contribution in [0.25, 0.3) is 44.8 Å². The van der Waals surface area contributed by atoms with Gasteiger partial charge >= 0.3 is 0 Å². The molecule has 0 bridgehead atoms. The lowest BCUT2D eigenvalue weighted by Crippen LogP contribution is -2.11. The van der Waals surface area contributed by atoms with Crippen molar-refractivity contribution in [2.75, 3.05) is 12.4 Å². The minimum absolute atomic E-state index is 0.0717. The molecule has 6 rings (SSSR count). The number of hydrogen-bond acceptors (Lipinski definition) is 7. The summed E-state index contributed by atoms with van der Waals surface area (Å²) in [6, 6.07) is 23.5. The molecule has 3 aromatic carbocycles. The fraction of sp³-hybridized carbons (Fsp3) is 0.0645. The summed E-state index contributed by atoms with van der Waals surface area (Å²) in [6.07, 6.45) is 3.37. The van der Waals surface area contributed by atoms with Crippen molar-refractivity contribution in [3.05, 3.63) is 103 Å². The number of benzene rings is 3. The number of aryl methyl sites for hydroxylation is 1. The van der Waals surface area contributed by atoms with Crippen LogP contribution in [0.2, 0.25) is 0 Å². The number of methoxy groups -OCH3 is 1. The summed E-state index contributed by atoms with van der Waals surface area (Å²) in [5.74, 6) is 1.44. The van der Waals surface area contributed by atoms with Crippen LogP contribution >= 0.6 is 0 Å². The zero-order chi connectivity index (χ0) is 27.6. The van der Waals surface area contributed by atoms with E-state index in [4.69, 9.17) is 4.74 Å². The largest absolute Gasteiger partial charge is 0.507 e. The number of nitrogens with zero attached hydrogens (tertiary/aromatic N) is 4. The number of anilines is 1. The highest BCUT2D eigenvalue weighted by molar-refractivity contribution is 6.06. The Balaban J connectivity index is 1.28. The van der Waals surface area contributed by atoms with Crippen molar-refractivity contribution in [1.29, 1.82) is 0 Å². The Bertz CT molecular complexity index is 1880. The van der Waals surface area contributed by atoms with Crippen LogP contribution in [0.4, 0.5) is 5.69 Å². The van der Waals surface area contributed by atoms with Gasteiger partial charge in [-0.05, 0) is 73.2 Å². The highest BCUT2D eigenvalue weighted by Gasteiger charge is 2.15. The number of phenols is 1. The Morgan fingerprint density at radius 2 is 1.77 bits per heavy atom. The molecule has 0 spiro atoms. The van der Waals surface area contributed by atoms with Crippen LogP contribution in [0.5, 0.6) is 11.6 Å². The number of hydrogen-bond donors (Lipinski definition) is 3. The molecule has 0 radical (unpaired) electrons. The number of carbonyl (C=O) groups is 1. The summed E-state index contributed by atoms with van der Waals surface area (Å²) >= 11 is 0. The Hall–Kier alpha value is -5.57. The molecule has 6 aromatic rings. The van der Waals surface area contributed by atoms with E-state index in [0.29, 0.717) is 39.9 Å². The molecule has 3 aromatic heterocycles. The molecule has 3 heterocycles. The monoisotopic (exact) mass is 528 g/mol. The summed E-state index contributed by atoms with van der Waals surface area (Å²) in [5, 5.41) is 13.6. The number of aromatic nitrogens is 5. The van der Waals surface area contributed by atoms with E-state index in [1.807, 2.05) is 55.5 Å².